The van der Waals surface area contributed by atoms with Crippen molar-refractivity contribution in [3.05, 3.63) is 29.3 Å². The van der Waals surface area contributed by atoms with Gasteiger partial charge >= 0.3 is 0 Å². The zero-order valence-corrected chi connectivity index (χ0v) is 16.3. The van der Waals surface area contributed by atoms with Gasteiger partial charge in [-0.2, -0.15) is 0 Å². The highest BCUT2D eigenvalue weighted by molar-refractivity contribution is 5.52. The summed E-state index contributed by atoms with van der Waals surface area (Å²) < 4.78 is 0. The van der Waals surface area contributed by atoms with Crippen LogP contribution in [-0.4, -0.2) is 37.1 Å². The third-order valence-corrected chi connectivity index (χ3v) is 6.01. The van der Waals surface area contributed by atoms with Crippen LogP contribution in [0, 0.1) is 0 Å². The van der Waals surface area contributed by atoms with Crippen molar-refractivity contribution in [3.63, 3.8) is 0 Å². The molecule has 0 aromatic heterocycles. The number of benzene rings is 1. The van der Waals surface area contributed by atoms with Crippen molar-refractivity contribution >= 4 is 5.69 Å². The molecule has 0 unspecified atom stereocenters. The van der Waals surface area contributed by atoms with Gasteiger partial charge in [-0.15, -0.1) is 0 Å². The average Bonchev–Trinajstić information content (AvgIpc) is 2.61. The van der Waals surface area contributed by atoms with E-state index in [0.29, 0.717) is 0 Å². The minimum Gasteiger partial charge on any atom is -0.371 e. The quantitative estimate of drug-likeness (QED) is 0.770. The van der Waals surface area contributed by atoms with E-state index in [-0.39, 0.29) is 5.41 Å². The van der Waals surface area contributed by atoms with Crippen LogP contribution in [0.3, 0.4) is 0 Å². The van der Waals surface area contributed by atoms with Gasteiger partial charge in [0.05, 0.1) is 0 Å². The molecule has 0 aliphatic carbocycles. The monoisotopic (exact) mass is 328 g/mol. The van der Waals surface area contributed by atoms with Crippen LogP contribution in [0.15, 0.2) is 18.2 Å². The molecule has 0 N–H and O–H groups in total. The Labute approximate surface area is 149 Å². The highest BCUT2D eigenvalue weighted by atomic mass is 15.2. The molecule has 2 nitrogen and oxygen atoms in total. The fourth-order valence-corrected chi connectivity index (χ4v) is 4.57. The van der Waals surface area contributed by atoms with Crippen molar-refractivity contribution < 1.29 is 0 Å². The first-order valence-corrected chi connectivity index (χ1v) is 10.1. The first kappa shape index (κ1) is 17.8. The van der Waals surface area contributed by atoms with Gasteiger partial charge in [-0.05, 0) is 73.9 Å². The summed E-state index contributed by atoms with van der Waals surface area (Å²) in [6, 6.07) is 8.04. The number of rotatable bonds is 3. The van der Waals surface area contributed by atoms with Gasteiger partial charge in [0.2, 0.25) is 0 Å². The van der Waals surface area contributed by atoms with Gasteiger partial charge in [-0.1, -0.05) is 40.2 Å². The molecule has 1 aromatic carbocycles. The fraction of sp³-hybridized carbons (Fsp3) is 0.727. The van der Waals surface area contributed by atoms with E-state index < -0.39 is 0 Å². The maximum absolute atomic E-state index is 2.76. The molecular weight excluding hydrogens is 292 g/mol. The highest BCUT2D eigenvalue weighted by Gasteiger charge is 2.26. The molecule has 2 saturated heterocycles. The minimum atomic E-state index is 0.241. The molecule has 0 saturated carbocycles. The molecule has 0 bridgehead atoms. The molecule has 2 heterocycles. The highest BCUT2D eigenvalue weighted by Crippen LogP contribution is 2.31. The normalized spacial score (nSPS) is 21.2. The molecule has 0 spiro atoms. The van der Waals surface area contributed by atoms with E-state index in [1.165, 1.54) is 75.1 Å². The number of hydrogen-bond acceptors (Lipinski definition) is 2. The first-order chi connectivity index (χ1) is 11.5. The Morgan fingerprint density at radius 3 is 2.21 bits per heavy atom. The van der Waals surface area contributed by atoms with Crippen LogP contribution >= 0.6 is 0 Å². The number of anilines is 1. The van der Waals surface area contributed by atoms with Crippen molar-refractivity contribution in [1.82, 2.24) is 4.90 Å². The number of piperidine rings is 2. The lowest BCUT2D eigenvalue weighted by molar-refractivity contribution is 0.141. The van der Waals surface area contributed by atoms with E-state index in [0.717, 1.165) is 12.5 Å². The summed E-state index contributed by atoms with van der Waals surface area (Å²) in [5.41, 5.74) is 4.72. The molecular formula is C22H36N2. The molecule has 0 amide bonds. The van der Waals surface area contributed by atoms with E-state index in [4.69, 9.17) is 0 Å². The summed E-state index contributed by atoms with van der Waals surface area (Å²) in [7, 11) is 0. The predicted molar refractivity (Wildman–Crippen MR) is 105 cm³/mol. The van der Waals surface area contributed by atoms with Gasteiger partial charge in [-0.25, -0.2) is 0 Å². The molecule has 2 aliphatic heterocycles. The summed E-state index contributed by atoms with van der Waals surface area (Å²) in [6.45, 7) is 14.4. The van der Waals surface area contributed by atoms with E-state index >= 15 is 0 Å². The first-order valence-electron chi connectivity index (χ1n) is 10.1. The van der Waals surface area contributed by atoms with Gasteiger partial charge in [0.15, 0.2) is 0 Å². The zero-order valence-electron chi connectivity index (χ0n) is 16.3. The Morgan fingerprint density at radius 2 is 1.62 bits per heavy atom. The maximum atomic E-state index is 2.76. The molecule has 2 heteroatoms. The molecule has 134 valence electrons. The summed E-state index contributed by atoms with van der Waals surface area (Å²) in [6.07, 6.45) is 8.06. The molecule has 24 heavy (non-hydrogen) atoms. The van der Waals surface area contributed by atoms with Crippen molar-refractivity contribution in [2.24, 2.45) is 0 Å². The minimum absolute atomic E-state index is 0.241. The molecule has 0 atom stereocenters. The lowest BCUT2D eigenvalue weighted by atomic mass is 9.83. The predicted octanol–water partition coefficient (Wildman–Crippen LogP) is 5.00. The molecule has 2 fully saturated rings. The third-order valence-electron chi connectivity index (χ3n) is 6.01. The second kappa shape index (κ2) is 7.47. The smallest absolute Gasteiger partial charge is 0.0369 e. The van der Waals surface area contributed by atoms with E-state index in [1.807, 2.05) is 0 Å². The fourth-order valence-electron chi connectivity index (χ4n) is 4.57. The summed E-state index contributed by atoms with van der Waals surface area (Å²) in [5.74, 6) is 0. The van der Waals surface area contributed by atoms with Crippen LogP contribution in [0.25, 0.3) is 0 Å². The Kier molecular flexibility index (Phi) is 5.54. The van der Waals surface area contributed by atoms with Gasteiger partial charge in [0, 0.05) is 24.8 Å². The van der Waals surface area contributed by atoms with Gasteiger partial charge in [0.25, 0.3) is 0 Å². The topological polar surface area (TPSA) is 6.48 Å². The molecule has 3 rings (SSSR count). The summed E-state index contributed by atoms with van der Waals surface area (Å²) >= 11 is 0. The van der Waals surface area contributed by atoms with Crippen LogP contribution in [0.5, 0.6) is 0 Å². The number of hydrogen-bond donors (Lipinski definition) is 0. The van der Waals surface area contributed by atoms with Crippen LogP contribution in [0.4, 0.5) is 5.69 Å². The van der Waals surface area contributed by atoms with Crippen molar-refractivity contribution in [3.8, 4) is 0 Å². The van der Waals surface area contributed by atoms with Crippen LogP contribution in [-0.2, 0) is 11.8 Å². The average molecular weight is 329 g/mol. The van der Waals surface area contributed by atoms with Crippen LogP contribution in [0.1, 0.15) is 70.9 Å². The number of likely N-dealkylation sites (tertiary alicyclic amines) is 1. The van der Waals surface area contributed by atoms with E-state index in [2.05, 4.69) is 55.7 Å². The van der Waals surface area contributed by atoms with Crippen molar-refractivity contribution in [2.75, 3.05) is 31.1 Å². The lowest BCUT2D eigenvalue weighted by Crippen LogP contribution is -2.46. The Hall–Kier alpha value is -1.02. The standard InChI is InChI=1S/C22H36N2/c1-5-18-17-20(9-10-21(18)22(2,3)4)24-15-11-19(12-16-24)23-13-7-6-8-14-23/h9-10,17,19H,5-8,11-16H2,1-4H3. The Bertz CT molecular complexity index is 529. The van der Waals surface area contributed by atoms with Crippen molar-refractivity contribution in [1.29, 1.82) is 0 Å². The number of nitrogens with zero attached hydrogens (tertiary/aromatic N) is 2. The lowest BCUT2D eigenvalue weighted by Gasteiger charge is -2.41. The van der Waals surface area contributed by atoms with Crippen LogP contribution < -0.4 is 4.90 Å². The molecule has 0 radical (unpaired) electrons. The SMILES string of the molecule is CCc1cc(N2CCC(N3CCCCC3)CC2)ccc1C(C)(C)C. The largest absolute Gasteiger partial charge is 0.371 e. The third kappa shape index (κ3) is 3.96. The van der Waals surface area contributed by atoms with Gasteiger partial charge in [-0.3, -0.25) is 0 Å². The number of aryl methyl sites for hydroxylation is 1. The Morgan fingerprint density at radius 1 is 0.958 bits per heavy atom. The van der Waals surface area contributed by atoms with Gasteiger partial charge < -0.3 is 9.80 Å². The summed E-state index contributed by atoms with van der Waals surface area (Å²) in [4.78, 5) is 5.38. The van der Waals surface area contributed by atoms with E-state index in [9.17, 15) is 0 Å². The van der Waals surface area contributed by atoms with E-state index in [1.54, 1.807) is 0 Å². The second-order valence-corrected chi connectivity index (χ2v) is 8.76. The second-order valence-electron chi connectivity index (χ2n) is 8.76. The Balaban J connectivity index is 1.65. The van der Waals surface area contributed by atoms with Crippen LogP contribution in [0.2, 0.25) is 0 Å². The summed E-state index contributed by atoms with van der Waals surface area (Å²) in [5, 5.41) is 0. The maximum Gasteiger partial charge on any atom is 0.0369 e. The molecule has 2 aliphatic rings. The zero-order chi connectivity index (χ0) is 17.2. The van der Waals surface area contributed by atoms with Crippen molar-refractivity contribution in [2.45, 2.75) is 77.7 Å². The van der Waals surface area contributed by atoms with Gasteiger partial charge in [0.1, 0.15) is 0 Å². The molecule has 1 aromatic rings.